The zero-order chi connectivity index (χ0) is 10.7. The first-order chi connectivity index (χ1) is 6.54. The highest BCUT2D eigenvalue weighted by Crippen LogP contribution is 2.25. The van der Waals surface area contributed by atoms with Crippen LogP contribution in [0.1, 0.15) is 11.1 Å². The van der Waals surface area contributed by atoms with Gasteiger partial charge in [-0.05, 0) is 24.6 Å². The van der Waals surface area contributed by atoms with Crippen LogP contribution < -0.4 is 4.74 Å². The number of ether oxygens (including phenoxy) is 1. The van der Waals surface area contributed by atoms with Gasteiger partial charge in [0.2, 0.25) is 0 Å². The Morgan fingerprint density at radius 1 is 1.57 bits per heavy atom. The van der Waals surface area contributed by atoms with Gasteiger partial charge in [-0.1, -0.05) is 0 Å². The molecule has 14 heavy (non-hydrogen) atoms. The number of aliphatic carboxylic acids is 1. The van der Waals surface area contributed by atoms with E-state index in [0.717, 1.165) is 10.5 Å². The maximum Gasteiger partial charge on any atom is 0.307 e. The predicted molar refractivity (Wildman–Crippen MR) is 56.3 cm³/mol. The Hall–Kier alpha value is -1.16. The van der Waals surface area contributed by atoms with Crippen molar-refractivity contribution in [3.05, 3.63) is 23.3 Å². The van der Waals surface area contributed by atoms with Gasteiger partial charge >= 0.3 is 5.97 Å². The number of thiol groups is 1. The molecule has 0 fully saturated rings. The summed E-state index contributed by atoms with van der Waals surface area (Å²) in [6, 6.07) is 3.52. The molecule has 0 unspecified atom stereocenters. The largest absolute Gasteiger partial charge is 0.496 e. The Kier molecular flexibility index (Phi) is 3.41. The average molecular weight is 212 g/mol. The number of carboxylic acids is 1. The molecule has 0 heterocycles. The molecule has 1 rings (SSSR count). The van der Waals surface area contributed by atoms with Crippen molar-refractivity contribution in [2.45, 2.75) is 18.2 Å². The van der Waals surface area contributed by atoms with Gasteiger partial charge in [-0.3, -0.25) is 4.79 Å². The van der Waals surface area contributed by atoms with Gasteiger partial charge in [0.15, 0.2) is 0 Å². The lowest BCUT2D eigenvalue weighted by molar-refractivity contribution is -0.136. The Labute approximate surface area is 88.1 Å². The van der Waals surface area contributed by atoms with Gasteiger partial charge in [-0.15, -0.1) is 12.6 Å². The first kappa shape index (κ1) is 10.9. The van der Waals surface area contributed by atoms with Gasteiger partial charge in [0.1, 0.15) is 5.75 Å². The van der Waals surface area contributed by atoms with E-state index in [2.05, 4.69) is 12.6 Å². The molecule has 1 N–H and O–H groups in total. The van der Waals surface area contributed by atoms with Crippen LogP contribution in [0.3, 0.4) is 0 Å². The molecule has 0 aromatic heterocycles. The normalized spacial score (nSPS) is 9.93. The summed E-state index contributed by atoms with van der Waals surface area (Å²) in [6.45, 7) is 1.90. The number of hydrogen-bond donors (Lipinski definition) is 2. The Morgan fingerprint density at radius 2 is 2.21 bits per heavy atom. The Morgan fingerprint density at radius 3 is 2.71 bits per heavy atom. The highest BCUT2D eigenvalue weighted by molar-refractivity contribution is 7.80. The van der Waals surface area contributed by atoms with E-state index in [1.807, 2.05) is 6.92 Å². The van der Waals surface area contributed by atoms with E-state index >= 15 is 0 Å². The van der Waals surface area contributed by atoms with E-state index in [4.69, 9.17) is 9.84 Å². The molecule has 3 nitrogen and oxygen atoms in total. The van der Waals surface area contributed by atoms with E-state index in [1.165, 1.54) is 7.11 Å². The maximum absolute atomic E-state index is 10.6. The molecule has 0 saturated carbocycles. The van der Waals surface area contributed by atoms with Crippen molar-refractivity contribution in [1.29, 1.82) is 0 Å². The highest BCUT2D eigenvalue weighted by atomic mass is 32.1. The zero-order valence-electron chi connectivity index (χ0n) is 8.07. The molecule has 0 aliphatic heterocycles. The summed E-state index contributed by atoms with van der Waals surface area (Å²) in [6.07, 6.45) is -0.0446. The number of methoxy groups -OCH3 is 1. The lowest BCUT2D eigenvalue weighted by Crippen LogP contribution is -2.02. The molecular formula is C10H12O3S. The van der Waals surface area contributed by atoms with Crippen LogP contribution in [0, 0.1) is 6.92 Å². The van der Waals surface area contributed by atoms with E-state index in [9.17, 15) is 4.79 Å². The number of hydrogen-bond acceptors (Lipinski definition) is 3. The van der Waals surface area contributed by atoms with Gasteiger partial charge < -0.3 is 9.84 Å². The van der Waals surface area contributed by atoms with Gasteiger partial charge in [0.05, 0.1) is 13.5 Å². The molecule has 1 aromatic rings. The first-order valence-electron chi connectivity index (χ1n) is 4.13. The van der Waals surface area contributed by atoms with Crippen molar-refractivity contribution in [2.24, 2.45) is 0 Å². The second-order valence-corrected chi connectivity index (χ2v) is 3.50. The standard InChI is InChI=1S/C10H12O3S/c1-6-3-8(13-2)7(4-9(6)14)5-10(11)12/h3-4,14H,5H2,1-2H3,(H,11,12). The third-order valence-electron chi connectivity index (χ3n) is 1.94. The van der Waals surface area contributed by atoms with E-state index < -0.39 is 5.97 Å². The van der Waals surface area contributed by atoms with Crippen molar-refractivity contribution in [2.75, 3.05) is 7.11 Å². The summed E-state index contributed by atoms with van der Waals surface area (Å²) in [5.41, 5.74) is 1.62. The summed E-state index contributed by atoms with van der Waals surface area (Å²) in [5, 5.41) is 8.67. The monoisotopic (exact) mass is 212 g/mol. The highest BCUT2D eigenvalue weighted by Gasteiger charge is 2.09. The second-order valence-electron chi connectivity index (χ2n) is 3.02. The van der Waals surface area contributed by atoms with Crippen LogP contribution in [0.25, 0.3) is 0 Å². The number of carboxylic acid groups (broad SMARTS) is 1. The van der Waals surface area contributed by atoms with Crippen LogP contribution >= 0.6 is 12.6 Å². The molecular weight excluding hydrogens is 200 g/mol. The number of benzene rings is 1. The third-order valence-corrected chi connectivity index (χ3v) is 2.42. The summed E-state index contributed by atoms with van der Waals surface area (Å²) >= 11 is 4.23. The molecule has 76 valence electrons. The summed E-state index contributed by atoms with van der Waals surface area (Å²) in [5.74, 6) is -0.275. The van der Waals surface area contributed by atoms with Crippen molar-refractivity contribution >= 4 is 18.6 Å². The van der Waals surface area contributed by atoms with Crippen LogP contribution in [-0.4, -0.2) is 18.2 Å². The van der Waals surface area contributed by atoms with E-state index in [-0.39, 0.29) is 6.42 Å². The van der Waals surface area contributed by atoms with Gasteiger partial charge in [0, 0.05) is 10.5 Å². The number of aryl methyl sites for hydroxylation is 1. The molecule has 0 radical (unpaired) electrons. The summed E-state index contributed by atoms with van der Waals surface area (Å²) < 4.78 is 5.08. The minimum Gasteiger partial charge on any atom is -0.496 e. The van der Waals surface area contributed by atoms with Gasteiger partial charge in [-0.2, -0.15) is 0 Å². The van der Waals surface area contributed by atoms with Gasteiger partial charge in [-0.25, -0.2) is 0 Å². The van der Waals surface area contributed by atoms with Crippen molar-refractivity contribution < 1.29 is 14.6 Å². The minimum atomic E-state index is -0.875. The van der Waals surface area contributed by atoms with Crippen LogP contribution in [0.4, 0.5) is 0 Å². The predicted octanol–water partition coefficient (Wildman–Crippen LogP) is 1.92. The van der Waals surface area contributed by atoms with E-state index in [0.29, 0.717) is 11.3 Å². The van der Waals surface area contributed by atoms with Crippen LogP contribution in [0.5, 0.6) is 5.75 Å². The van der Waals surface area contributed by atoms with Crippen molar-refractivity contribution in [3.63, 3.8) is 0 Å². The summed E-state index contributed by atoms with van der Waals surface area (Å²) in [7, 11) is 1.53. The van der Waals surface area contributed by atoms with Gasteiger partial charge in [0.25, 0.3) is 0 Å². The Bertz CT molecular complexity index is 361. The molecule has 0 saturated heterocycles. The maximum atomic E-state index is 10.6. The third kappa shape index (κ3) is 2.42. The van der Waals surface area contributed by atoms with Crippen LogP contribution in [-0.2, 0) is 11.2 Å². The zero-order valence-corrected chi connectivity index (χ0v) is 8.97. The molecule has 4 heteroatoms. The second kappa shape index (κ2) is 4.37. The van der Waals surface area contributed by atoms with E-state index in [1.54, 1.807) is 12.1 Å². The van der Waals surface area contributed by atoms with Crippen molar-refractivity contribution in [1.82, 2.24) is 0 Å². The number of rotatable bonds is 3. The molecule has 1 aromatic carbocycles. The number of carbonyl (C=O) groups is 1. The minimum absolute atomic E-state index is 0.0446. The first-order valence-corrected chi connectivity index (χ1v) is 4.57. The fraction of sp³-hybridized carbons (Fsp3) is 0.300. The lowest BCUT2D eigenvalue weighted by Gasteiger charge is -2.09. The molecule has 0 bridgehead atoms. The fourth-order valence-electron chi connectivity index (χ4n) is 1.20. The van der Waals surface area contributed by atoms with Crippen LogP contribution in [0.15, 0.2) is 17.0 Å². The molecule has 0 spiro atoms. The molecule has 0 aliphatic carbocycles. The Balaban J connectivity index is 3.13. The quantitative estimate of drug-likeness (QED) is 0.752. The SMILES string of the molecule is COc1cc(C)c(S)cc1CC(=O)O. The molecule has 0 amide bonds. The molecule has 0 aliphatic rings. The lowest BCUT2D eigenvalue weighted by atomic mass is 10.1. The summed E-state index contributed by atoms with van der Waals surface area (Å²) in [4.78, 5) is 11.3. The molecule has 0 atom stereocenters. The van der Waals surface area contributed by atoms with Crippen molar-refractivity contribution in [3.8, 4) is 5.75 Å². The van der Waals surface area contributed by atoms with Crippen LogP contribution in [0.2, 0.25) is 0 Å². The average Bonchev–Trinajstić information content (AvgIpc) is 2.10. The smallest absolute Gasteiger partial charge is 0.307 e. The fourth-order valence-corrected chi connectivity index (χ4v) is 1.42. The topological polar surface area (TPSA) is 46.5 Å².